The molecule has 2 heterocycles. The van der Waals surface area contributed by atoms with Crippen LogP contribution in [0.5, 0.6) is 0 Å². The van der Waals surface area contributed by atoms with Crippen molar-refractivity contribution in [3.63, 3.8) is 0 Å². The highest BCUT2D eigenvalue weighted by molar-refractivity contribution is 7.09. The first kappa shape index (κ1) is 14.4. The van der Waals surface area contributed by atoms with E-state index < -0.39 is 0 Å². The minimum Gasteiger partial charge on any atom is -0.369 e. The summed E-state index contributed by atoms with van der Waals surface area (Å²) in [5, 5.41) is 8.81. The van der Waals surface area contributed by atoms with Gasteiger partial charge in [-0.05, 0) is 13.3 Å². The number of hydrogen-bond acceptors (Lipinski definition) is 6. The molecule has 0 aliphatic rings. The van der Waals surface area contributed by atoms with Gasteiger partial charge in [-0.3, -0.25) is 9.78 Å². The molecular weight excluding hydrogens is 274 g/mol. The molecule has 2 aromatic heterocycles. The lowest BCUT2D eigenvalue weighted by atomic mass is 10.4. The number of carbonyl (C=O) groups excluding carboxylic acids is 1. The molecule has 6 nitrogen and oxygen atoms in total. The van der Waals surface area contributed by atoms with E-state index in [0.717, 1.165) is 23.7 Å². The van der Waals surface area contributed by atoms with E-state index in [9.17, 15) is 4.79 Å². The number of anilines is 1. The van der Waals surface area contributed by atoms with Crippen molar-refractivity contribution in [2.24, 2.45) is 0 Å². The molecule has 20 heavy (non-hydrogen) atoms. The van der Waals surface area contributed by atoms with Crippen molar-refractivity contribution in [2.75, 3.05) is 11.9 Å². The van der Waals surface area contributed by atoms with Gasteiger partial charge in [-0.15, -0.1) is 11.3 Å². The number of amides is 1. The third-order valence-electron chi connectivity index (χ3n) is 2.52. The van der Waals surface area contributed by atoms with Crippen LogP contribution in [0.15, 0.2) is 17.8 Å². The summed E-state index contributed by atoms with van der Waals surface area (Å²) < 4.78 is 0. The highest BCUT2D eigenvalue weighted by Crippen LogP contribution is 2.08. The van der Waals surface area contributed by atoms with Crippen molar-refractivity contribution in [2.45, 2.75) is 26.8 Å². The summed E-state index contributed by atoms with van der Waals surface area (Å²) in [6.45, 7) is 5.20. The number of nitrogens with zero attached hydrogens (tertiary/aromatic N) is 3. The highest BCUT2D eigenvalue weighted by atomic mass is 32.1. The van der Waals surface area contributed by atoms with E-state index in [1.165, 1.54) is 6.20 Å². The first-order valence-electron chi connectivity index (χ1n) is 6.44. The second-order valence-corrected chi connectivity index (χ2v) is 5.32. The Bertz CT molecular complexity index is 584. The Balaban J connectivity index is 1.94. The molecule has 0 aromatic carbocycles. The quantitative estimate of drug-likeness (QED) is 0.851. The summed E-state index contributed by atoms with van der Waals surface area (Å²) in [5.74, 6) is 0.368. The van der Waals surface area contributed by atoms with Gasteiger partial charge in [0.1, 0.15) is 11.5 Å². The Morgan fingerprint density at radius 3 is 2.90 bits per heavy atom. The minimum atomic E-state index is -0.247. The van der Waals surface area contributed by atoms with Crippen molar-refractivity contribution < 1.29 is 4.79 Å². The Kier molecular flexibility index (Phi) is 5.00. The van der Waals surface area contributed by atoms with Crippen molar-refractivity contribution in [3.8, 4) is 0 Å². The van der Waals surface area contributed by atoms with Gasteiger partial charge in [-0.2, -0.15) is 0 Å². The lowest BCUT2D eigenvalue weighted by Gasteiger charge is -2.06. The molecule has 0 fully saturated rings. The van der Waals surface area contributed by atoms with Crippen LogP contribution in [0.3, 0.4) is 0 Å². The second-order valence-electron chi connectivity index (χ2n) is 4.26. The van der Waals surface area contributed by atoms with Gasteiger partial charge in [0.25, 0.3) is 5.91 Å². The molecule has 1 amide bonds. The average molecular weight is 291 g/mol. The third kappa shape index (κ3) is 3.99. The molecule has 0 radical (unpaired) electrons. The van der Waals surface area contributed by atoms with Crippen molar-refractivity contribution in [1.82, 2.24) is 20.3 Å². The van der Waals surface area contributed by atoms with Crippen LogP contribution in [0.1, 0.15) is 34.5 Å². The summed E-state index contributed by atoms with van der Waals surface area (Å²) >= 11 is 1.56. The maximum absolute atomic E-state index is 12.0. The van der Waals surface area contributed by atoms with Crippen LogP contribution >= 0.6 is 11.3 Å². The van der Waals surface area contributed by atoms with Crippen LogP contribution in [0.4, 0.5) is 5.82 Å². The Morgan fingerprint density at radius 2 is 2.20 bits per heavy atom. The number of hydrogen-bond donors (Lipinski definition) is 2. The lowest BCUT2D eigenvalue weighted by Crippen LogP contribution is -2.24. The number of nitrogens with one attached hydrogen (secondary N) is 2. The van der Waals surface area contributed by atoms with Gasteiger partial charge in [0, 0.05) is 11.9 Å². The van der Waals surface area contributed by atoms with Crippen molar-refractivity contribution >= 4 is 23.1 Å². The Hall–Kier alpha value is -2.02. The fourth-order valence-corrected chi connectivity index (χ4v) is 2.18. The maximum Gasteiger partial charge on any atom is 0.271 e. The van der Waals surface area contributed by atoms with Gasteiger partial charge in [0.15, 0.2) is 0 Å². The van der Waals surface area contributed by atoms with E-state index in [1.807, 2.05) is 12.3 Å². The summed E-state index contributed by atoms with van der Waals surface area (Å²) in [6, 6.07) is 0. The van der Waals surface area contributed by atoms with E-state index in [1.54, 1.807) is 17.5 Å². The summed E-state index contributed by atoms with van der Waals surface area (Å²) in [6.07, 6.45) is 4.05. The average Bonchev–Trinajstić information content (AvgIpc) is 2.88. The topological polar surface area (TPSA) is 79.8 Å². The molecule has 0 saturated carbocycles. The number of aromatic nitrogens is 3. The molecule has 0 aliphatic carbocycles. The van der Waals surface area contributed by atoms with Crippen LogP contribution in [0.2, 0.25) is 0 Å². The maximum atomic E-state index is 12.0. The zero-order valence-corrected chi connectivity index (χ0v) is 12.3. The highest BCUT2D eigenvalue weighted by Gasteiger charge is 2.09. The molecule has 7 heteroatoms. The number of carbonyl (C=O) groups is 1. The van der Waals surface area contributed by atoms with E-state index >= 15 is 0 Å². The monoisotopic (exact) mass is 291 g/mol. The number of thiazole rings is 1. The molecule has 0 atom stereocenters. The molecule has 0 unspecified atom stereocenters. The summed E-state index contributed by atoms with van der Waals surface area (Å²) in [7, 11) is 0. The van der Waals surface area contributed by atoms with E-state index in [2.05, 4.69) is 32.5 Å². The molecule has 2 N–H and O–H groups in total. The van der Waals surface area contributed by atoms with Gasteiger partial charge < -0.3 is 10.6 Å². The minimum absolute atomic E-state index is 0.247. The van der Waals surface area contributed by atoms with Crippen LogP contribution in [-0.2, 0) is 6.54 Å². The second kappa shape index (κ2) is 6.95. The number of aryl methyl sites for hydroxylation is 1. The van der Waals surface area contributed by atoms with Gasteiger partial charge >= 0.3 is 0 Å². The fraction of sp³-hybridized carbons (Fsp3) is 0.385. The molecule has 0 bridgehead atoms. The number of rotatable bonds is 6. The lowest BCUT2D eigenvalue weighted by molar-refractivity contribution is 0.0945. The van der Waals surface area contributed by atoms with Crippen LogP contribution in [0, 0.1) is 6.92 Å². The molecule has 2 rings (SSSR count). The van der Waals surface area contributed by atoms with Gasteiger partial charge in [0.2, 0.25) is 0 Å². The van der Waals surface area contributed by atoms with Gasteiger partial charge in [-0.1, -0.05) is 6.92 Å². The van der Waals surface area contributed by atoms with Gasteiger partial charge in [-0.25, -0.2) is 9.97 Å². The Labute approximate surface area is 121 Å². The Morgan fingerprint density at radius 1 is 1.35 bits per heavy atom. The summed E-state index contributed by atoms with van der Waals surface area (Å²) in [5.41, 5.74) is 1.16. The van der Waals surface area contributed by atoms with E-state index in [-0.39, 0.29) is 5.91 Å². The standard InChI is InChI=1S/C13H17N5OS/c1-3-4-15-12-7-14-6-11(18-12)13(19)16-5-10-8-20-9(2)17-10/h6-8H,3-5H2,1-2H3,(H,15,18)(H,16,19). The zero-order valence-electron chi connectivity index (χ0n) is 11.5. The van der Waals surface area contributed by atoms with E-state index in [4.69, 9.17) is 0 Å². The van der Waals surface area contributed by atoms with Crippen LogP contribution < -0.4 is 10.6 Å². The zero-order chi connectivity index (χ0) is 14.4. The molecular formula is C13H17N5OS. The van der Waals surface area contributed by atoms with E-state index in [0.29, 0.717) is 18.1 Å². The molecule has 0 spiro atoms. The van der Waals surface area contributed by atoms with Gasteiger partial charge in [0.05, 0.1) is 29.6 Å². The normalized spacial score (nSPS) is 10.3. The van der Waals surface area contributed by atoms with Crippen molar-refractivity contribution in [3.05, 3.63) is 34.2 Å². The smallest absolute Gasteiger partial charge is 0.271 e. The molecule has 106 valence electrons. The predicted octanol–water partition coefficient (Wildman–Crippen LogP) is 1.99. The fourth-order valence-electron chi connectivity index (χ4n) is 1.56. The SMILES string of the molecule is CCCNc1cncc(C(=O)NCc2csc(C)n2)n1. The summed E-state index contributed by atoms with van der Waals surface area (Å²) in [4.78, 5) is 24.5. The predicted molar refractivity (Wildman–Crippen MR) is 78.8 cm³/mol. The first-order valence-corrected chi connectivity index (χ1v) is 7.32. The largest absolute Gasteiger partial charge is 0.369 e. The molecule has 2 aromatic rings. The molecule has 0 aliphatic heterocycles. The third-order valence-corrected chi connectivity index (χ3v) is 3.34. The first-order chi connectivity index (χ1) is 9.69. The van der Waals surface area contributed by atoms with Crippen molar-refractivity contribution in [1.29, 1.82) is 0 Å². The van der Waals surface area contributed by atoms with Crippen LogP contribution in [-0.4, -0.2) is 27.4 Å². The van der Waals surface area contributed by atoms with Crippen LogP contribution in [0.25, 0.3) is 0 Å². The molecule has 0 saturated heterocycles.